The Morgan fingerprint density at radius 2 is 1.71 bits per heavy atom. The molecule has 10 nitrogen and oxygen atoms in total. The lowest BCUT2D eigenvalue weighted by molar-refractivity contribution is -0.207. The van der Waals surface area contributed by atoms with Crippen molar-refractivity contribution in [2.75, 3.05) is 6.61 Å². The quantitative estimate of drug-likeness (QED) is 0.300. The molecule has 222 valence electrons. The van der Waals surface area contributed by atoms with Gasteiger partial charge < -0.3 is 20.9 Å². The fourth-order valence-corrected chi connectivity index (χ4v) is 3.94. The van der Waals surface area contributed by atoms with Crippen molar-refractivity contribution in [1.82, 2.24) is 19.7 Å². The van der Waals surface area contributed by atoms with Gasteiger partial charge in [0.25, 0.3) is 0 Å². The molecule has 3 rings (SSSR count). The van der Waals surface area contributed by atoms with E-state index in [4.69, 9.17) is 17.3 Å². The lowest BCUT2D eigenvalue weighted by Gasteiger charge is -2.23. The SMILES string of the molecule is NC(=O)OCCC(NC(=O)Cn1nc(-c2ccc(Cl)cc2)n(CC(O)C(F)(F)F)c1=O)c1ccccc1C(F)(F)F. The number of ether oxygens (including phenoxy) is 1. The van der Waals surface area contributed by atoms with E-state index in [1.165, 1.54) is 30.3 Å². The van der Waals surface area contributed by atoms with Gasteiger partial charge in [-0.1, -0.05) is 29.8 Å². The highest BCUT2D eigenvalue weighted by atomic mass is 35.5. The third-order valence-corrected chi connectivity index (χ3v) is 5.93. The van der Waals surface area contributed by atoms with E-state index in [1.807, 2.05) is 0 Å². The second kappa shape index (κ2) is 12.6. The number of hydrogen-bond donors (Lipinski definition) is 3. The number of carbonyl (C=O) groups is 2. The molecule has 0 saturated heterocycles. The zero-order valence-corrected chi connectivity index (χ0v) is 21.5. The summed E-state index contributed by atoms with van der Waals surface area (Å²) in [6.07, 6.45) is -14.4. The predicted octanol–water partition coefficient (Wildman–Crippen LogP) is 3.65. The van der Waals surface area contributed by atoms with Crippen LogP contribution in [0, 0.1) is 0 Å². The largest absolute Gasteiger partial charge is 0.450 e. The molecule has 0 aliphatic heterocycles. The van der Waals surface area contributed by atoms with Crippen LogP contribution in [0.2, 0.25) is 5.02 Å². The Labute approximate surface area is 232 Å². The number of nitrogens with one attached hydrogen (secondary N) is 1. The van der Waals surface area contributed by atoms with Crippen LogP contribution in [0.25, 0.3) is 11.4 Å². The summed E-state index contributed by atoms with van der Waals surface area (Å²) < 4.78 is 85.6. The van der Waals surface area contributed by atoms with Crippen molar-refractivity contribution in [3.8, 4) is 11.4 Å². The van der Waals surface area contributed by atoms with Gasteiger partial charge in [0.15, 0.2) is 11.9 Å². The normalized spacial score (nSPS) is 13.5. The average Bonchev–Trinajstić information content (AvgIpc) is 3.17. The van der Waals surface area contributed by atoms with Gasteiger partial charge in [-0.2, -0.15) is 26.3 Å². The van der Waals surface area contributed by atoms with Crippen LogP contribution in [0.3, 0.4) is 0 Å². The van der Waals surface area contributed by atoms with E-state index in [2.05, 4.69) is 15.2 Å². The Kier molecular flexibility index (Phi) is 9.70. The van der Waals surface area contributed by atoms with Crippen molar-refractivity contribution >= 4 is 23.6 Å². The average molecular weight is 610 g/mol. The number of carbonyl (C=O) groups excluding carboxylic acids is 2. The Morgan fingerprint density at radius 1 is 1.07 bits per heavy atom. The molecular weight excluding hydrogens is 588 g/mol. The molecule has 3 aromatic rings. The third-order valence-electron chi connectivity index (χ3n) is 5.68. The van der Waals surface area contributed by atoms with Gasteiger partial charge in [-0.15, -0.1) is 5.10 Å². The molecule has 0 fully saturated rings. The van der Waals surface area contributed by atoms with Crippen molar-refractivity contribution in [3.63, 3.8) is 0 Å². The molecule has 1 aromatic heterocycles. The zero-order chi connectivity index (χ0) is 30.5. The van der Waals surface area contributed by atoms with Crippen LogP contribution < -0.4 is 16.7 Å². The molecule has 1 heterocycles. The molecule has 2 aromatic carbocycles. The van der Waals surface area contributed by atoms with Crippen LogP contribution in [-0.4, -0.2) is 50.3 Å². The molecular formula is C24H22ClF6N5O5. The van der Waals surface area contributed by atoms with Crippen molar-refractivity contribution < 1.29 is 45.8 Å². The van der Waals surface area contributed by atoms with Gasteiger partial charge in [-0.05, 0) is 35.9 Å². The van der Waals surface area contributed by atoms with Crippen LogP contribution in [-0.2, 0) is 28.8 Å². The standard InChI is InChI=1S/C24H22ClF6N5O5/c25-14-7-5-13(6-8-14)20-34-36(22(40)35(20)11-18(37)24(29,30)31)12-19(38)33-17(9-10-41-21(32)39)15-3-1-2-4-16(15)23(26,27)28/h1-8,17-18,37H,9-12H2,(H2,32,39)(H,33,38). The summed E-state index contributed by atoms with van der Waals surface area (Å²) in [7, 11) is 0. The van der Waals surface area contributed by atoms with Gasteiger partial charge >= 0.3 is 24.1 Å². The summed E-state index contributed by atoms with van der Waals surface area (Å²) in [4.78, 5) is 36.8. The van der Waals surface area contributed by atoms with Crippen LogP contribution in [0.4, 0.5) is 31.1 Å². The molecule has 2 atom stereocenters. The van der Waals surface area contributed by atoms with Gasteiger partial charge in [0, 0.05) is 17.0 Å². The predicted molar refractivity (Wildman–Crippen MR) is 131 cm³/mol. The number of hydrogen-bond acceptors (Lipinski definition) is 6. The van der Waals surface area contributed by atoms with E-state index < -0.39 is 67.4 Å². The highest BCUT2D eigenvalue weighted by Crippen LogP contribution is 2.35. The van der Waals surface area contributed by atoms with Gasteiger partial charge in [0.1, 0.15) is 6.54 Å². The number of aromatic nitrogens is 3. The first-order chi connectivity index (χ1) is 19.1. The van der Waals surface area contributed by atoms with Crippen LogP contribution in [0.5, 0.6) is 0 Å². The third kappa shape index (κ3) is 8.23. The molecule has 0 radical (unpaired) electrons. The number of benzene rings is 2. The minimum Gasteiger partial charge on any atom is -0.450 e. The first-order valence-electron chi connectivity index (χ1n) is 11.6. The van der Waals surface area contributed by atoms with Crippen molar-refractivity contribution in [2.24, 2.45) is 5.73 Å². The van der Waals surface area contributed by atoms with E-state index in [-0.39, 0.29) is 28.4 Å². The number of halogens is 7. The Balaban J connectivity index is 1.95. The molecule has 0 aliphatic carbocycles. The first kappa shape index (κ1) is 31.5. The Bertz CT molecular complexity index is 1440. The van der Waals surface area contributed by atoms with Gasteiger partial charge in [0.05, 0.1) is 24.8 Å². The number of rotatable bonds is 10. The van der Waals surface area contributed by atoms with E-state index in [1.54, 1.807) is 0 Å². The number of aliphatic hydroxyl groups excluding tert-OH is 1. The maximum atomic E-state index is 13.6. The van der Waals surface area contributed by atoms with E-state index in [0.717, 1.165) is 18.2 Å². The molecule has 0 saturated carbocycles. The van der Waals surface area contributed by atoms with Gasteiger partial charge in [0.2, 0.25) is 5.91 Å². The van der Waals surface area contributed by atoms with E-state index in [9.17, 15) is 45.8 Å². The number of aliphatic hydroxyl groups is 1. The zero-order valence-electron chi connectivity index (χ0n) is 20.7. The molecule has 0 bridgehead atoms. The number of primary amides is 1. The number of alkyl halides is 6. The molecule has 0 aliphatic rings. The van der Waals surface area contributed by atoms with Gasteiger partial charge in [-0.25, -0.2) is 14.3 Å². The molecule has 2 amide bonds. The van der Waals surface area contributed by atoms with Crippen molar-refractivity contribution in [3.05, 3.63) is 75.2 Å². The van der Waals surface area contributed by atoms with Crippen LogP contribution in [0.15, 0.2) is 53.3 Å². The molecule has 4 N–H and O–H groups in total. The minimum absolute atomic E-state index is 0.126. The number of amides is 2. The molecule has 2 unspecified atom stereocenters. The van der Waals surface area contributed by atoms with Crippen LogP contribution in [0.1, 0.15) is 23.6 Å². The summed E-state index contributed by atoms with van der Waals surface area (Å²) in [5.41, 5.74) is 2.35. The molecule has 41 heavy (non-hydrogen) atoms. The number of nitrogens with two attached hydrogens (primary N) is 1. The Hall–Kier alpha value is -4.05. The monoisotopic (exact) mass is 609 g/mol. The second-order valence-electron chi connectivity index (χ2n) is 8.60. The highest BCUT2D eigenvalue weighted by molar-refractivity contribution is 6.30. The molecule has 0 spiro atoms. The lowest BCUT2D eigenvalue weighted by Crippen LogP contribution is -2.39. The minimum atomic E-state index is -5.08. The van der Waals surface area contributed by atoms with Crippen molar-refractivity contribution in [2.45, 2.75) is 44.0 Å². The van der Waals surface area contributed by atoms with Crippen molar-refractivity contribution in [1.29, 1.82) is 0 Å². The number of nitrogens with zero attached hydrogens (tertiary/aromatic N) is 3. The van der Waals surface area contributed by atoms with E-state index >= 15 is 0 Å². The highest BCUT2D eigenvalue weighted by Gasteiger charge is 2.39. The topological polar surface area (TPSA) is 141 Å². The lowest BCUT2D eigenvalue weighted by atomic mass is 9.97. The first-order valence-corrected chi connectivity index (χ1v) is 12.0. The smallest absolute Gasteiger partial charge is 0.416 e. The summed E-state index contributed by atoms with van der Waals surface area (Å²) in [5, 5.41) is 16.1. The summed E-state index contributed by atoms with van der Waals surface area (Å²) in [6.45, 7) is -2.65. The summed E-state index contributed by atoms with van der Waals surface area (Å²) in [5.74, 6) is -1.38. The summed E-state index contributed by atoms with van der Waals surface area (Å²) >= 11 is 5.84. The molecule has 17 heteroatoms. The fraction of sp³-hybridized carbons (Fsp3) is 0.333. The van der Waals surface area contributed by atoms with Crippen LogP contribution >= 0.6 is 11.6 Å². The van der Waals surface area contributed by atoms with E-state index in [0.29, 0.717) is 9.25 Å². The second-order valence-corrected chi connectivity index (χ2v) is 9.04. The summed E-state index contributed by atoms with van der Waals surface area (Å²) in [6, 6.07) is 8.32. The Morgan fingerprint density at radius 3 is 2.29 bits per heavy atom. The maximum absolute atomic E-state index is 13.6. The fourth-order valence-electron chi connectivity index (χ4n) is 3.82. The van der Waals surface area contributed by atoms with Gasteiger partial charge in [-0.3, -0.25) is 9.36 Å². The maximum Gasteiger partial charge on any atom is 0.416 e.